The lowest BCUT2D eigenvalue weighted by Crippen LogP contribution is -2.54. The highest BCUT2D eigenvalue weighted by atomic mass is 127. The van der Waals surface area contributed by atoms with E-state index in [1.54, 1.807) is 7.11 Å². The molecule has 2 saturated heterocycles. The van der Waals surface area contributed by atoms with Crippen molar-refractivity contribution in [3.63, 3.8) is 0 Å². The number of methoxy groups -OCH3 is 1. The van der Waals surface area contributed by atoms with Crippen molar-refractivity contribution in [3.8, 4) is 0 Å². The summed E-state index contributed by atoms with van der Waals surface area (Å²) in [7, 11) is 1.64. The lowest BCUT2D eigenvalue weighted by molar-refractivity contribution is -0.122. The summed E-state index contributed by atoms with van der Waals surface area (Å²) in [4.78, 5) is 23.8. The van der Waals surface area contributed by atoms with Crippen molar-refractivity contribution in [2.75, 3.05) is 98.9 Å². The number of nitrogens with zero attached hydrogens (tertiary/aromatic N) is 4. The molecule has 0 aromatic heterocycles. The third-order valence-corrected chi connectivity index (χ3v) is 5.23. The molecule has 0 aliphatic carbocycles. The molecule has 10 heteroatoms. The number of guanidine groups is 1. The minimum absolute atomic E-state index is 0. The number of piperazine rings is 1. The fourth-order valence-corrected chi connectivity index (χ4v) is 3.62. The number of nitrogens with one attached hydrogen (secondary N) is 2. The van der Waals surface area contributed by atoms with E-state index in [-0.39, 0.29) is 29.9 Å². The third-order valence-electron chi connectivity index (χ3n) is 5.23. The fraction of sp³-hybridized carbons (Fsp3) is 0.900. The van der Waals surface area contributed by atoms with Crippen molar-refractivity contribution in [3.05, 3.63) is 0 Å². The summed E-state index contributed by atoms with van der Waals surface area (Å²) in [5, 5.41) is 6.32. The zero-order valence-electron chi connectivity index (χ0n) is 18.9. The predicted octanol–water partition coefficient (Wildman–Crippen LogP) is -0.0816. The minimum Gasteiger partial charge on any atom is -0.383 e. The van der Waals surface area contributed by atoms with Gasteiger partial charge in [0, 0.05) is 72.6 Å². The molecule has 0 aromatic carbocycles. The van der Waals surface area contributed by atoms with Gasteiger partial charge in [0.05, 0.1) is 26.4 Å². The second kappa shape index (κ2) is 16.0. The Morgan fingerprint density at radius 3 is 2.43 bits per heavy atom. The molecule has 30 heavy (non-hydrogen) atoms. The average molecular weight is 540 g/mol. The molecule has 1 unspecified atom stereocenters. The molecular weight excluding hydrogens is 499 g/mol. The minimum atomic E-state index is 0. The number of amides is 1. The zero-order valence-corrected chi connectivity index (χ0v) is 21.2. The first-order valence-corrected chi connectivity index (χ1v) is 10.9. The molecule has 2 aliphatic heterocycles. The van der Waals surface area contributed by atoms with Crippen LogP contribution in [0, 0.1) is 5.92 Å². The molecule has 0 saturated carbocycles. The largest absolute Gasteiger partial charge is 0.383 e. The SMILES string of the molecule is CCNC(=NCC(C)CN1CCOCC1)N1CCN(CC(=O)NCCOC)CC1.I. The lowest BCUT2D eigenvalue weighted by atomic mass is 10.1. The number of carbonyl (C=O) groups is 1. The highest BCUT2D eigenvalue weighted by Gasteiger charge is 2.21. The summed E-state index contributed by atoms with van der Waals surface area (Å²) < 4.78 is 10.4. The molecule has 2 heterocycles. The molecule has 0 bridgehead atoms. The average Bonchev–Trinajstić information content (AvgIpc) is 2.73. The number of aliphatic imine (C=N–C) groups is 1. The molecule has 176 valence electrons. The van der Waals surface area contributed by atoms with Crippen LogP contribution in [-0.2, 0) is 14.3 Å². The van der Waals surface area contributed by atoms with Crippen LogP contribution in [0.5, 0.6) is 0 Å². The Labute approximate surface area is 198 Å². The Bertz CT molecular complexity index is 497. The van der Waals surface area contributed by atoms with Crippen LogP contribution >= 0.6 is 24.0 Å². The van der Waals surface area contributed by atoms with Gasteiger partial charge in [-0.3, -0.25) is 19.6 Å². The van der Waals surface area contributed by atoms with Gasteiger partial charge in [-0.05, 0) is 12.8 Å². The van der Waals surface area contributed by atoms with Crippen LogP contribution in [0.1, 0.15) is 13.8 Å². The maximum absolute atomic E-state index is 12.0. The van der Waals surface area contributed by atoms with E-state index in [9.17, 15) is 4.79 Å². The van der Waals surface area contributed by atoms with Gasteiger partial charge in [-0.15, -0.1) is 24.0 Å². The van der Waals surface area contributed by atoms with E-state index in [0.717, 1.165) is 78.1 Å². The van der Waals surface area contributed by atoms with Crippen molar-refractivity contribution in [1.29, 1.82) is 0 Å². The maximum atomic E-state index is 12.0. The number of ether oxygens (including phenoxy) is 2. The predicted molar refractivity (Wildman–Crippen MR) is 131 cm³/mol. The number of morpholine rings is 1. The summed E-state index contributed by atoms with van der Waals surface area (Å²) in [6.45, 7) is 15.9. The summed E-state index contributed by atoms with van der Waals surface area (Å²) in [5.74, 6) is 1.57. The van der Waals surface area contributed by atoms with Crippen LogP contribution in [-0.4, -0.2) is 125 Å². The zero-order chi connectivity index (χ0) is 20.9. The van der Waals surface area contributed by atoms with Crippen LogP contribution in [0.4, 0.5) is 0 Å². The lowest BCUT2D eigenvalue weighted by Gasteiger charge is -2.36. The molecule has 0 spiro atoms. The van der Waals surface area contributed by atoms with Gasteiger partial charge < -0.3 is 25.0 Å². The van der Waals surface area contributed by atoms with Crippen molar-refractivity contribution < 1.29 is 14.3 Å². The van der Waals surface area contributed by atoms with Crippen molar-refractivity contribution in [1.82, 2.24) is 25.3 Å². The Hall–Kier alpha value is -0.690. The number of hydrogen-bond donors (Lipinski definition) is 2. The summed E-state index contributed by atoms with van der Waals surface area (Å²) in [6, 6.07) is 0. The van der Waals surface area contributed by atoms with E-state index in [0.29, 0.717) is 25.6 Å². The van der Waals surface area contributed by atoms with Crippen molar-refractivity contribution >= 4 is 35.8 Å². The van der Waals surface area contributed by atoms with Gasteiger partial charge >= 0.3 is 0 Å². The monoisotopic (exact) mass is 540 g/mol. The normalized spacial score (nSPS) is 19.8. The van der Waals surface area contributed by atoms with E-state index in [2.05, 4.69) is 39.2 Å². The van der Waals surface area contributed by atoms with Gasteiger partial charge in [0.1, 0.15) is 0 Å². The van der Waals surface area contributed by atoms with E-state index in [1.807, 2.05) is 0 Å². The molecule has 2 N–H and O–H groups in total. The van der Waals surface area contributed by atoms with Crippen LogP contribution in [0.2, 0.25) is 0 Å². The van der Waals surface area contributed by atoms with Crippen LogP contribution in [0.3, 0.4) is 0 Å². The van der Waals surface area contributed by atoms with Gasteiger partial charge in [-0.25, -0.2) is 0 Å². The smallest absolute Gasteiger partial charge is 0.234 e. The Balaban J connectivity index is 0.00000450. The van der Waals surface area contributed by atoms with Gasteiger partial charge in [0.25, 0.3) is 0 Å². The van der Waals surface area contributed by atoms with E-state index < -0.39 is 0 Å². The summed E-state index contributed by atoms with van der Waals surface area (Å²) >= 11 is 0. The first-order valence-electron chi connectivity index (χ1n) is 10.9. The Morgan fingerprint density at radius 1 is 1.10 bits per heavy atom. The number of rotatable bonds is 10. The Morgan fingerprint density at radius 2 is 1.80 bits per heavy atom. The van der Waals surface area contributed by atoms with Gasteiger partial charge in [-0.2, -0.15) is 0 Å². The fourth-order valence-electron chi connectivity index (χ4n) is 3.62. The number of hydrogen-bond acceptors (Lipinski definition) is 6. The molecule has 9 nitrogen and oxygen atoms in total. The van der Waals surface area contributed by atoms with Gasteiger partial charge in [0.2, 0.25) is 5.91 Å². The quantitative estimate of drug-likeness (QED) is 0.174. The molecule has 0 radical (unpaired) electrons. The van der Waals surface area contributed by atoms with Crippen molar-refractivity contribution in [2.24, 2.45) is 10.9 Å². The molecule has 2 aliphatic rings. The molecule has 2 rings (SSSR count). The highest BCUT2D eigenvalue weighted by molar-refractivity contribution is 14.0. The highest BCUT2D eigenvalue weighted by Crippen LogP contribution is 2.06. The third kappa shape index (κ3) is 10.6. The van der Waals surface area contributed by atoms with E-state index >= 15 is 0 Å². The molecular formula is C20H41IN6O3. The number of halogens is 1. The van der Waals surface area contributed by atoms with Crippen LogP contribution in [0.25, 0.3) is 0 Å². The molecule has 0 aromatic rings. The van der Waals surface area contributed by atoms with E-state index in [4.69, 9.17) is 14.5 Å². The standard InChI is InChI=1S/C20H40N6O3.HI/c1-4-21-20(23-15-18(2)16-25-10-13-29-14-11-25)26-8-6-24(7-9-26)17-19(27)22-5-12-28-3;/h18H,4-17H2,1-3H3,(H,21,23)(H,22,27);1H. The first kappa shape index (κ1) is 27.3. The second-order valence-corrected chi connectivity index (χ2v) is 7.82. The van der Waals surface area contributed by atoms with Gasteiger partial charge in [-0.1, -0.05) is 6.92 Å². The van der Waals surface area contributed by atoms with Gasteiger partial charge in [0.15, 0.2) is 5.96 Å². The first-order chi connectivity index (χ1) is 14.1. The Kier molecular flexibility index (Phi) is 14.6. The topological polar surface area (TPSA) is 81.7 Å². The summed E-state index contributed by atoms with van der Waals surface area (Å²) in [6.07, 6.45) is 0. The second-order valence-electron chi connectivity index (χ2n) is 7.82. The van der Waals surface area contributed by atoms with Crippen LogP contribution < -0.4 is 10.6 Å². The maximum Gasteiger partial charge on any atom is 0.234 e. The molecule has 2 fully saturated rings. The number of carbonyl (C=O) groups excluding carboxylic acids is 1. The van der Waals surface area contributed by atoms with Crippen LogP contribution in [0.15, 0.2) is 4.99 Å². The summed E-state index contributed by atoms with van der Waals surface area (Å²) in [5.41, 5.74) is 0. The van der Waals surface area contributed by atoms with E-state index in [1.165, 1.54) is 0 Å². The van der Waals surface area contributed by atoms with Crippen molar-refractivity contribution in [2.45, 2.75) is 13.8 Å². The molecule has 1 amide bonds. The molecule has 1 atom stereocenters.